The van der Waals surface area contributed by atoms with Crippen molar-refractivity contribution in [2.75, 3.05) is 78.9 Å². The number of nitrogens with zero attached hydrogens (tertiary/aromatic N) is 3. The average Bonchev–Trinajstić information content (AvgIpc) is 3.16. The first-order valence-corrected chi connectivity index (χ1v) is 11.0. The summed E-state index contributed by atoms with van der Waals surface area (Å²) < 4.78 is 32.2. The second-order valence-corrected chi connectivity index (χ2v) is 6.92. The molecule has 1 aromatic rings. The lowest BCUT2D eigenvalue weighted by molar-refractivity contribution is -0.0112. The second-order valence-electron chi connectivity index (χ2n) is 6.22. The van der Waals surface area contributed by atoms with Crippen LogP contribution in [0.5, 0.6) is 0 Å². The van der Waals surface area contributed by atoms with E-state index in [4.69, 9.17) is 23.7 Å². The molecule has 0 saturated heterocycles. The predicted molar refractivity (Wildman–Crippen MR) is 110 cm³/mol. The van der Waals surface area contributed by atoms with Crippen LogP contribution in [-0.4, -0.2) is 93.9 Å². The van der Waals surface area contributed by atoms with Gasteiger partial charge in [0.25, 0.3) is 0 Å². The van der Waals surface area contributed by atoms with E-state index in [1.54, 1.807) is 16.6 Å². The Bertz CT molecular complexity index is 465. The monoisotopic (exact) mass is 420 g/mol. The molecule has 0 bridgehead atoms. The highest BCUT2D eigenvalue weighted by Gasteiger charge is 2.04. The molecule has 1 heterocycles. The Kier molecular flexibility index (Phi) is 16.5. The van der Waals surface area contributed by atoms with Gasteiger partial charge in [-0.15, -0.1) is 5.10 Å². The van der Waals surface area contributed by atoms with Gasteiger partial charge in [0.15, 0.2) is 0 Å². The summed E-state index contributed by atoms with van der Waals surface area (Å²) in [5.41, 5.74) is 1.00. The van der Waals surface area contributed by atoms with Crippen LogP contribution in [0.4, 0.5) is 0 Å². The predicted octanol–water partition coefficient (Wildman–Crippen LogP) is 1.35. The van der Waals surface area contributed by atoms with Crippen molar-refractivity contribution < 1.29 is 23.7 Å². The zero-order valence-corrected chi connectivity index (χ0v) is 18.2. The maximum absolute atomic E-state index is 5.53. The van der Waals surface area contributed by atoms with Gasteiger partial charge in [0, 0.05) is 12.7 Å². The Hall–Kier alpha value is -0.750. The minimum absolute atomic E-state index is 0.392. The van der Waals surface area contributed by atoms with Crippen LogP contribution in [0.1, 0.15) is 25.5 Å². The summed E-state index contributed by atoms with van der Waals surface area (Å²) in [6.45, 7) is 11.6. The summed E-state index contributed by atoms with van der Waals surface area (Å²) in [5.74, 6) is 0.392. The van der Waals surface area contributed by atoms with Crippen molar-refractivity contribution in [1.29, 1.82) is 0 Å². The minimum atomic E-state index is 0.392. The van der Waals surface area contributed by atoms with Gasteiger partial charge in [0.05, 0.1) is 78.3 Å². The van der Waals surface area contributed by atoms with E-state index in [2.05, 4.69) is 28.9 Å². The fourth-order valence-corrected chi connectivity index (χ4v) is 2.33. The highest BCUT2D eigenvalue weighted by atomic mass is 32.2. The molecule has 28 heavy (non-hydrogen) atoms. The molecule has 1 N–H and O–H groups in total. The molecule has 0 aliphatic rings. The molecule has 0 atom stereocenters. The first kappa shape index (κ1) is 25.3. The number of hydrogen-bond acceptors (Lipinski definition) is 9. The summed E-state index contributed by atoms with van der Waals surface area (Å²) in [6, 6.07) is 0. The lowest BCUT2D eigenvalue weighted by Crippen LogP contribution is -2.16. The topological polar surface area (TPSA) is 88.9 Å². The van der Waals surface area contributed by atoms with Crippen LogP contribution in [-0.2, 0) is 30.2 Å². The molecular formula is C18H36N4O5S. The van der Waals surface area contributed by atoms with Crippen LogP contribution in [0.2, 0.25) is 0 Å². The highest BCUT2D eigenvalue weighted by Crippen LogP contribution is 2.08. The minimum Gasteiger partial charge on any atom is -0.378 e. The molecule has 0 fully saturated rings. The Balaban J connectivity index is 1.74. The van der Waals surface area contributed by atoms with E-state index >= 15 is 0 Å². The molecule has 0 spiro atoms. The van der Waals surface area contributed by atoms with E-state index in [9.17, 15) is 0 Å². The molecule has 0 aliphatic heterocycles. The van der Waals surface area contributed by atoms with Crippen LogP contribution in [0.15, 0.2) is 6.20 Å². The molecule has 0 saturated carbocycles. The van der Waals surface area contributed by atoms with Gasteiger partial charge in [-0.05, 0) is 12.2 Å². The molecular weight excluding hydrogens is 384 g/mol. The highest BCUT2D eigenvalue weighted by molar-refractivity contribution is 7.96. The van der Waals surface area contributed by atoms with E-state index in [0.717, 1.165) is 12.2 Å². The Morgan fingerprint density at radius 2 is 1.36 bits per heavy atom. The van der Waals surface area contributed by atoms with Gasteiger partial charge in [-0.3, -0.25) is 4.72 Å². The van der Waals surface area contributed by atoms with Crippen molar-refractivity contribution in [3.63, 3.8) is 0 Å². The first-order chi connectivity index (χ1) is 13.7. The molecule has 0 radical (unpaired) electrons. The molecule has 1 rings (SSSR count). The van der Waals surface area contributed by atoms with Crippen molar-refractivity contribution in [1.82, 2.24) is 19.7 Å². The number of hydrogen-bond donors (Lipinski definition) is 1. The van der Waals surface area contributed by atoms with Gasteiger partial charge in [-0.1, -0.05) is 31.0 Å². The number of rotatable bonds is 20. The Morgan fingerprint density at radius 1 is 0.857 bits per heavy atom. The Labute approximate surface area is 172 Å². The maximum Gasteiger partial charge on any atom is 0.0852 e. The van der Waals surface area contributed by atoms with Crippen LogP contribution < -0.4 is 4.72 Å². The van der Waals surface area contributed by atoms with E-state index in [1.807, 2.05) is 12.5 Å². The van der Waals surface area contributed by atoms with Crippen molar-refractivity contribution in [3.8, 4) is 0 Å². The van der Waals surface area contributed by atoms with Crippen LogP contribution in [0.25, 0.3) is 0 Å². The molecule has 1 aromatic heterocycles. The molecule has 10 heteroatoms. The number of nitrogens with one attached hydrogen (secondary N) is 1. The SMILES string of the molecule is CSNCCOCCOCCOCCOCCOCCn1cc(C(C)C)nn1. The second kappa shape index (κ2) is 18.3. The fraction of sp³-hybridized carbons (Fsp3) is 0.889. The van der Waals surface area contributed by atoms with E-state index < -0.39 is 0 Å². The molecule has 164 valence electrons. The Morgan fingerprint density at radius 3 is 1.82 bits per heavy atom. The quantitative estimate of drug-likeness (QED) is 0.248. The summed E-state index contributed by atoms with van der Waals surface area (Å²) >= 11 is 1.59. The summed E-state index contributed by atoms with van der Waals surface area (Å²) in [7, 11) is 0. The van der Waals surface area contributed by atoms with Gasteiger partial charge in [-0.25, -0.2) is 4.68 Å². The van der Waals surface area contributed by atoms with Gasteiger partial charge in [-0.2, -0.15) is 0 Å². The smallest absolute Gasteiger partial charge is 0.0852 e. The maximum atomic E-state index is 5.53. The lowest BCUT2D eigenvalue weighted by Gasteiger charge is -2.08. The molecule has 0 aromatic carbocycles. The van der Waals surface area contributed by atoms with E-state index in [1.165, 1.54) is 0 Å². The first-order valence-electron chi connectivity index (χ1n) is 9.78. The lowest BCUT2D eigenvalue weighted by atomic mass is 10.2. The van der Waals surface area contributed by atoms with Crippen molar-refractivity contribution in [2.45, 2.75) is 26.3 Å². The third-order valence-corrected chi connectivity index (χ3v) is 4.09. The standard InChI is InChI=1S/C18H36N4O5S/c1-17(2)18-16-22(21-20-18)5-7-24-9-11-26-13-15-27-14-12-25-10-8-23-6-4-19-28-3/h16-17,19H,4-15H2,1-3H3. The van der Waals surface area contributed by atoms with Crippen molar-refractivity contribution in [2.24, 2.45) is 0 Å². The van der Waals surface area contributed by atoms with Crippen LogP contribution >= 0.6 is 11.9 Å². The number of aromatic nitrogens is 3. The average molecular weight is 421 g/mol. The third-order valence-electron chi connectivity index (χ3n) is 3.59. The number of ether oxygens (including phenoxy) is 5. The molecule has 0 amide bonds. The molecule has 9 nitrogen and oxygen atoms in total. The third kappa shape index (κ3) is 14.3. The summed E-state index contributed by atoms with van der Waals surface area (Å²) in [5, 5.41) is 8.18. The summed E-state index contributed by atoms with van der Waals surface area (Å²) in [6.07, 6.45) is 3.95. The van der Waals surface area contributed by atoms with E-state index in [-0.39, 0.29) is 0 Å². The normalized spacial score (nSPS) is 11.6. The largest absolute Gasteiger partial charge is 0.378 e. The van der Waals surface area contributed by atoms with Gasteiger partial charge >= 0.3 is 0 Å². The van der Waals surface area contributed by atoms with Crippen molar-refractivity contribution >= 4 is 11.9 Å². The molecule has 0 unspecified atom stereocenters. The van der Waals surface area contributed by atoms with Gasteiger partial charge in [0.1, 0.15) is 0 Å². The van der Waals surface area contributed by atoms with Crippen molar-refractivity contribution in [3.05, 3.63) is 11.9 Å². The zero-order chi connectivity index (χ0) is 20.3. The van der Waals surface area contributed by atoms with Crippen LogP contribution in [0.3, 0.4) is 0 Å². The van der Waals surface area contributed by atoms with Gasteiger partial charge < -0.3 is 23.7 Å². The fourth-order valence-electron chi connectivity index (χ4n) is 2.04. The summed E-state index contributed by atoms with van der Waals surface area (Å²) in [4.78, 5) is 0. The van der Waals surface area contributed by atoms with E-state index in [0.29, 0.717) is 78.5 Å². The van der Waals surface area contributed by atoms with Gasteiger partial charge in [0.2, 0.25) is 0 Å². The van der Waals surface area contributed by atoms with Crippen LogP contribution in [0, 0.1) is 0 Å². The molecule has 0 aliphatic carbocycles. The zero-order valence-electron chi connectivity index (χ0n) is 17.4.